The average molecular weight is 285 g/mol. The highest BCUT2D eigenvalue weighted by Crippen LogP contribution is 2.34. The highest BCUT2D eigenvalue weighted by atomic mass is 16.5. The molecule has 4 nitrogen and oxygen atoms in total. The van der Waals surface area contributed by atoms with Crippen molar-refractivity contribution in [3.05, 3.63) is 35.7 Å². The standard InChI is InChI=1S/C17H23N3O/c1-3-9-18-15(13-7-8-13)11-16-19-17(20-21-16)14-6-4-5-12(2)10-14/h4-6,10,13,15,18H,3,7-9,11H2,1-2H3. The molecule has 0 bridgehead atoms. The Kier molecular flexibility index (Phi) is 4.34. The van der Waals surface area contributed by atoms with Crippen LogP contribution in [0.2, 0.25) is 0 Å². The second-order valence-corrected chi connectivity index (χ2v) is 5.98. The summed E-state index contributed by atoms with van der Waals surface area (Å²) in [6.07, 6.45) is 4.63. The molecule has 1 unspecified atom stereocenters. The molecule has 1 fully saturated rings. The third-order valence-electron chi connectivity index (χ3n) is 3.99. The fraction of sp³-hybridized carbons (Fsp3) is 0.529. The van der Waals surface area contributed by atoms with Gasteiger partial charge in [0.05, 0.1) is 0 Å². The van der Waals surface area contributed by atoms with Gasteiger partial charge in [-0.05, 0) is 44.7 Å². The minimum atomic E-state index is 0.482. The topological polar surface area (TPSA) is 51.0 Å². The molecule has 0 spiro atoms. The molecule has 1 atom stereocenters. The van der Waals surface area contributed by atoms with E-state index in [1.165, 1.54) is 18.4 Å². The van der Waals surface area contributed by atoms with Gasteiger partial charge in [0.25, 0.3) is 0 Å². The normalized spacial score (nSPS) is 16.1. The van der Waals surface area contributed by atoms with Crippen molar-refractivity contribution >= 4 is 0 Å². The van der Waals surface area contributed by atoms with E-state index in [4.69, 9.17) is 4.52 Å². The van der Waals surface area contributed by atoms with Gasteiger partial charge in [0.2, 0.25) is 11.7 Å². The Labute approximate surface area is 126 Å². The van der Waals surface area contributed by atoms with Crippen molar-refractivity contribution in [3.8, 4) is 11.4 Å². The number of benzene rings is 1. The first-order valence-electron chi connectivity index (χ1n) is 7.89. The molecular formula is C17H23N3O. The Balaban J connectivity index is 1.69. The molecule has 2 aromatic rings. The lowest BCUT2D eigenvalue weighted by molar-refractivity contribution is 0.346. The molecule has 21 heavy (non-hydrogen) atoms. The molecule has 1 aliphatic rings. The Morgan fingerprint density at radius 3 is 2.95 bits per heavy atom. The molecule has 0 saturated heterocycles. The second kappa shape index (κ2) is 6.39. The molecule has 1 aromatic heterocycles. The van der Waals surface area contributed by atoms with Crippen LogP contribution in [0.1, 0.15) is 37.6 Å². The molecule has 4 heteroatoms. The van der Waals surface area contributed by atoms with Gasteiger partial charge in [-0.15, -0.1) is 0 Å². The van der Waals surface area contributed by atoms with Crippen molar-refractivity contribution in [2.75, 3.05) is 6.54 Å². The minimum Gasteiger partial charge on any atom is -0.339 e. The Morgan fingerprint density at radius 2 is 2.24 bits per heavy atom. The first-order valence-corrected chi connectivity index (χ1v) is 7.89. The number of aromatic nitrogens is 2. The van der Waals surface area contributed by atoms with Crippen LogP contribution < -0.4 is 5.32 Å². The number of nitrogens with one attached hydrogen (secondary N) is 1. The van der Waals surface area contributed by atoms with Gasteiger partial charge in [0.15, 0.2) is 0 Å². The van der Waals surface area contributed by atoms with Crippen LogP contribution in [0.5, 0.6) is 0 Å². The SMILES string of the molecule is CCCNC(Cc1nc(-c2cccc(C)c2)no1)C1CC1. The van der Waals surface area contributed by atoms with Gasteiger partial charge in [0, 0.05) is 18.0 Å². The third kappa shape index (κ3) is 3.70. The molecular weight excluding hydrogens is 262 g/mol. The van der Waals surface area contributed by atoms with Crippen LogP contribution in [0.25, 0.3) is 11.4 Å². The maximum Gasteiger partial charge on any atom is 0.228 e. The van der Waals surface area contributed by atoms with Gasteiger partial charge < -0.3 is 9.84 Å². The van der Waals surface area contributed by atoms with Crippen molar-refractivity contribution in [1.29, 1.82) is 0 Å². The predicted molar refractivity (Wildman–Crippen MR) is 83.0 cm³/mol. The zero-order valence-electron chi connectivity index (χ0n) is 12.8. The zero-order chi connectivity index (χ0) is 14.7. The van der Waals surface area contributed by atoms with E-state index in [-0.39, 0.29) is 0 Å². The second-order valence-electron chi connectivity index (χ2n) is 5.98. The first-order chi connectivity index (χ1) is 10.3. The van der Waals surface area contributed by atoms with Crippen molar-refractivity contribution < 1.29 is 4.52 Å². The first kappa shape index (κ1) is 14.3. The van der Waals surface area contributed by atoms with Crippen molar-refractivity contribution in [2.45, 2.75) is 45.6 Å². The largest absolute Gasteiger partial charge is 0.339 e. The lowest BCUT2D eigenvalue weighted by Gasteiger charge is -2.15. The monoisotopic (exact) mass is 285 g/mol. The highest BCUT2D eigenvalue weighted by molar-refractivity contribution is 5.55. The molecule has 1 saturated carbocycles. The minimum absolute atomic E-state index is 0.482. The maximum atomic E-state index is 5.45. The van der Waals surface area contributed by atoms with E-state index in [9.17, 15) is 0 Å². The molecule has 0 aliphatic heterocycles. The number of rotatable bonds is 7. The van der Waals surface area contributed by atoms with Gasteiger partial charge >= 0.3 is 0 Å². The summed E-state index contributed by atoms with van der Waals surface area (Å²) in [4.78, 5) is 4.56. The van der Waals surface area contributed by atoms with Crippen LogP contribution in [0, 0.1) is 12.8 Å². The van der Waals surface area contributed by atoms with Gasteiger partial charge in [-0.1, -0.05) is 35.8 Å². The molecule has 1 aromatic carbocycles. The van der Waals surface area contributed by atoms with Crippen molar-refractivity contribution in [2.24, 2.45) is 5.92 Å². The van der Waals surface area contributed by atoms with E-state index < -0.39 is 0 Å². The van der Waals surface area contributed by atoms with Crippen LogP contribution in [0.4, 0.5) is 0 Å². The summed E-state index contributed by atoms with van der Waals surface area (Å²) in [6.45, 7) is 5.32. The number of hydrogen-bond donors (Lipinski definition) is 1. The van der Waals surface area contributed by atoms with E-state index in [0.717, 1.165) is 36.8 Å². The summed E-state index contributed by atoms with van der Waals surface area (Å²) in [7, 11) is 0. The number of hydrogen-bond acceptors (Lipinski definition) is 4. The zero-order valence-corrected chi connectivity index (χ0v) is 12.8. The predicted octanol–water partition coefficient (Wildman–Crippen LogP) is 3.37. The summed E-state index contributed by atoms with van der Waals surface area (Å²) in [6, 6.07) is 8.69. The summed E-state index contributed by atoms with van der Waals surface area (Å²) < 4.78 is 5.45. The fourth-order valence-electron chi connectivity index (χ4n) is 2.66. The smallest absolute Gasteiger partial charge is 0.228 e. The van der Waals surface area contributed by atoms with E-state index >= 15 is 0 Å². The van der Waals surface area contributed by atoms with Crippen LogP contribution >= 0.6 is 0 Å². The number of nitrogens with zero attached hydrogens (tertiary/aromatic N) is 2. The van der Waals surface area contributed by atoms with Crippen LogP contribution in [-0.4, -0.2) is 22.7 Å². The Morgan fingerprint density at radius 1 is 1.38 bits per heavy atom. The summed E-state index contributed by atoms with van der Waals surface area (Å²) in [5, 5.41) is 7.74. The van der Waals surface area contributed by atoms with E-state index in [1.54, 1.807) is 0 Å². The van der Waals surface area contributed by atoms with Crippen molar-refractivity contribution in [1.82, 2.24) is 15.5 Å². The van der Waals surface area contributed by atoms with E-state index in [0.29, 0.717) is 11.9 Å². The van der Waals surface area contributed by atoms with Gasteiger partial charge in [0.1, 0.15) is 0 Å². The van der Waals surface area contributed by atoms with Crippen LogP contribution in [0.3, 0.4) is 0 Å². The lowest BCUT2D eigenvalue weighted by Crippen LogP contribution is -2.33. The molecule has 1 heterocycles. The Bertz CT molecular complexity index is 589. The van der Waals surface area contributed by atoms with Crippen molar-refractivity contribution in [3.63, 3.8) is 0 Å². The number of aryl methyl sites for hydroxylation is 1. The average Bonchev–Trinajstić information content (AvgIpc) is 3.22. The van der Waals surface area contributed by atoms with Gasteiger partial charge in [-0.3, -0.25) is 0 Å². The van der Waals surface area contributed by atoms with E-state index in [1.807, 2.05) is 12.1 Å². The molecule has 0 radical (unpaired) electrons. The van der Waals surface area contributed by atoms with Crippen LogP contribution in [-0.2, 0) is 6.42 Å². The molecule has 1 N–H and O–H groups in total. The molecule has 0 amide bonds. The lowest BCUT2D eigenvalue weighted by atomic mass is 10.1. The third-order valence-corrected chi connectivity index (χ3v) is 3.99. The maximum absolute atomic E-state index is 5.45. The van der Waals surface area contributed by atoms with Gasteiger partial charge in [-0.25, -0.2) is 0 Å². The quantitative estimate of drug-likeness (QED) is 0.847. The summed E-state index contributed by atoms with van der Waals surface area (Å²) in [5.41, 5.74) is 2.23. The van der Waals surface area contributed by atoms with Gasteiger partial charge in [-0.2, -0.15) is 4.98 Å². The highest BCUT2D eigenvalue weighted by Gasteiger charge is 2.32. The van der Waals surface area contributed by atoms with Crippen LogP contribution in [0.15, 0.2) is 28.8 Å². The Hall–Kier alpha value is -1.68. The molecule has 3 rings (SSSR count). The molecule has 112 valence electrons. The summed E-state index contributed by atoms with van der Waals surface area (Å²) in [5.74, 6) is 2.22. The molecule has 1 aliphatic carbocycles. The summed E-state index contributed by atoms with van der Waals surface area (Å²) >= 11 is 0. The van der Waals surface area contributed by atoms with E-state index in [2.05, 4.69) is 41.4 Å². The fourth-order valence-corrected chi connectivity index (χ4v) is 2.66.